The van der Waals surface area contributed by atoms with Crippen molar-refractivity contribution in [2.45, 2.75) is 18.5 Å². The Morgan fingerprint density at radius 3 is 2.67 bits per heavy atom. The number of benzene rings is 2. The molecule has 0 aliphatic carbocycles. The third kappa shape index (κ3) is 3.34. The molecule has 110 valence electrons. The Balaban J connectivity index is 1.75. The van der Waals surface area contributed by atoms with Gasteiger partial charge in [-0.1, -0.05) is 46.3 Å². The highest BCUT2D eigenvalue weighted by atomic mass is 79.9. The minimum atomic E-state index is -0.207. The average molecular weight is 349 g/mol. The molecule has 1 heterocycles. The summed E-state index contributed by atoms with van der Waals surface area (Å²) in [6.07, 6.45) is 0. The van der Waals surface area contributed by atoms with Gasteiger partial charge in [0.1, 0.15) is 5.82 Å². The molecular weight excluding hydrogens is 331 g/mol. The van der Waals surface area contributed by atoms with E-state index in [4.69, 9.17) is 5.73 Å². The van der Waals surface area contributed by atoms with Crippen molar-refractivity contribution in [3.63, 3.8) is 0 Å². The van der Waals surface area contributed by atoms with Gasteiger partial charge in [0.05, 0.1) is 0 Å². The second kappa shape index (κ2) is 6.26. The Morgan fingerprint density at radius 1 is 1.14 bits per heavy atom. The minimum absolute atomic E-state index is 0.0341. The normalized spacial score (nSPS) is 22.6. The summed E-state index contributed by atoms with van der Waals surface area (Å²) >= 11 is 3.51. The van der Waals surface area contributed by atoms with Gasteiger partial charge < -0.3 is 5.73 Å². The lowest BCUT2D eigenvalue weighted by atomic mass is 9.95. The van der Waals surface area contributed by atoms with Crippen molar-refractivity contribution in [2.24, 2.45) is 5.73 Å². The van der Waals surface area contributed by atoms with Crippen LogP contribution in [0.5, 0.6) is 0 Å². The maximum Gasteiger partial charge on any atom is 0.123 e. The van der Waals surface area contributed by atoms with Crippen LogP contribution < -0.4 is 5.73 Å². The van der Waals surface area contributed by atoms with Crippen LogP contribution in [0.2, 0.25) is 0 Å². The van der Waals surface area contributed by atoms with Gasteiger partial charge in [-0.05, 0) is 29.3 Å². The van der Waals surface area contributed by atoms with Crippen molar-refractivity contribution in [1.82, 2.24) is 4.90 Å². The maximum atomic E-state index is 13.5. The highest BCUT2D eigenvalue weighted by Crippen LogP contribution is 2.32. The van der Waals surface area contributed by atoms with Crippen molar-refractivity contribution in [3.05, 3.63) is 69.9 Å². The number of hydrogen-bond donors (Lipinski definition) is 1. The first-order chi connectivity index (χ1) is 10.1. The van der Waals surface area contributed by atoms with Crippen LogP contribution in [0.25, 0.3) is 0 Å². The number of likely N-dealkylation sites (tertiary alicyclic amines) is 1. The lowest BCUT2D eigenvalue weighted by Crippen LogP contribution is -2.28. The first-order valence-corrected chi connectivity index (χ1v) is 7.89. The second-order valence-corrected chi connectivity index (χ2v) is 6.47. The van der Waals surface area contributed by atoms with Crippen LogP contribution in [0.4, 0.5) is 4.39 Å². The van der Waals surface area contributed by atoms with Crippen molar-refractivity contribution >= 4 is 15.9 Å². The van der Waals surface area contributed by atoms with Gasteiger partial charge in [0.15, 0.2) is 0 Å². The first-order valence-electron chi connectivity index (χ1n) is 7.10. The molecule has 2 N–H and O–H groups in total. The molecule has 2 aromatic rings. The van der Waals surface area contributed by atoms with E-state index in [2.05, 4.69) is 33.0 Å². The van der Waals surface area contributed by atoms with E-state index in [9.17, 15) is 4.39 Å². The van der Waals surface area contributed by atoms with Gasteiger partial charge in [0.25, 0.3) is 0 Å². The lowest BCUT2D eigenvalue weighted by molar-refractivity contribution is 0.323. The average Bonchev–Trinajstić information content (AvgIpc) is 2.83. The van der Waals surface area contributed by atoms with E-state index in [0.717, 1.165) is 29.7 Å². The van der Waals surface area contributed by atoms with Crippen molar-refractivity contribution in [3.8, 4) is 0 Å². The van der Waals surface area contributed by atoms with Crippen LogP contribution in [-0.2, 0) is 6.54 Å². The number of nitrogens with two attached hydrogens (primary N) is 1. The van der Waals surface area contributed by atoms with E-state index in [1.165, 1.54) is 11.6 Å². The fraction of sp³-hybridized carbons (Fsp3) is 0.294. The van der Waals surface area contributed by atoms with Crippen LogP contribution in [0.1, 0.15) is 17.0 Å². The Bertz CT molecular complexity index is 617. The van der Waals surface area contributed by atoms with Gasteiger partial charge in [-0.15, -0.1) is 0 Å². The van der Waals surface area contributed by atoms with Crippen LogP contribution in [0, 0.1) is 5.82 Å². The largest absolute Gasteiger partial charge is 0.326 e. The summed E-state index contributed by atoms with van der Waals surface area (Å²) in [6.45, 7) is 2.58. The molecule has 0 radical (unpaired) electrons. The van der Waals surface area contributed by atoms with E-state index in [-0.39, 0.29) is 17.8 Å². The molecule has 1 fully saturated rings. The first kappa shape index (κ1) is 14.7. The molecule has 0 amide bonds. The Hall–Kier alpha value is -1.23. The van der Waals surface area contributed by atoms with Crippen LogP contribution in [0.15, 0.2) is 53.0 Å². The summed E-state index contributed by atoms with van der Waals surface area (Å²) in [7, 11) is 0. The van der Waals surface area contributed by atoms with E-state index in [1.54, 1.807) is 12.1 Å². The fourth-order valence-electron chi connectivity index (χ4n) is 3.01. The topological polar surface area (TPSA) is 29.3 Å². The van der Waals surface area contributed by atoms with E-state index >= 15 is 0 Å². The van der Waals surface area contributed by atoms with Crippen LogP contribution >= 0.6 is 15.9 Å². The number of halogens is 2. The van der Waals surface area contributed by atoms with Crippen molar-refractivity contribution in [1.29, 1.82) is 0 Å². The summed E-state index contributed by atoms with van der Waals surface area (Å²) in [5.74, 6) is -0.0410. The third-order valence-corrected chi connectivity index (χ3v) is 4.77. The highest BCUT2D eigenvalue weighted by molar-refractivity contribution is 9.10. The van der Waals surface area contributed by atoms with Crippen molar-refractivity contribution in [2.75, 3.05) is 13.1 Å². The summed E-state index contributed by atoms with van der Waals surface area (Å²) in [4.78, 5) is 2.34. The predicted molar refractivity (Wildman–Crippen MR) is 86.5 cm³/mol. The lowest BCUT2D eigenvalue weighted by Gasteiger charge is -2.17. The zero-order chi connectivity index (χ0) is 14.8. The predicted octanol–water partition coefficient (Wildman–Crippen LogP) is 3.51. The summed E-state index contributed by atoms with van der Waals surface area (Å²) < 4.78 is 14.4. The van der Waals surface area contributed by atoms with E-state index in [1.807, 2.05) is 18.2 Å². The standard InChI is InChI=1S/C17H18BrFN2/c18-16-7-6-13(19)8-14(16)15-10-21(11-17(15)20)9-12-4-2-1-3-5-12/h1-8,15,17H,9-11,20H2. The van der Waals surface area contributed by atoms with Crippen molar-refractivity contribution < 1.29 is 4.39 Å². The molecule has 1 aliphatic rings. The quantitative estimate of drug-likeness (QED) is 0.919. The fourth-order valence-corrected chi connectivity index (χ4v) is 3.55. The zero-order valence-corrected chi connectivity index (χ0v) is 13.3. The molecule has 4 heteroatoms. The second-order valence-electron chi connectivity index (χ2n) is 5.62. The molecule has 2 aromatic carbocycles. The molecule has 2 atom stereocenters. The molecule has 2 nitrogen and oxygen atoms in total. The van der Waals surface area contributed by atoms with Gasteiger partial charge in [-0.25, -0.2) is 4.39 Å². The van der Waals surface area contributed by atoms with Gasteiger partial charge in [0, 0.05) is 36.1 Å². The Morgan fingerprint density at radius 2 is 1.90 bits per heavy atom. The molecule has 0 aromatic heterocycles. The number of hydrogen-bond acceptors (Lipinski definition) is 2. The minimum Gasteiger partial charge on any atom is -0.326 e. The van der Waals surface area contributed by atoms with Gasteiger partial charge >= 0.3 is 0 Å². The molecule has 2 unspecified atom stereocenters. The summed E-state index contributed by atoms with van der Waals surface area (Å²) in [5, 5.41) is 0. The molecule has 0 saturated carbocycles. The van der Waals surface area contributed by atoms with Crippen LogP contribution in [-0.4, -0.2) is 24.0 Å². The highest BCUT2D eigenvalue weighted by Gasteiger charge is 2.32. The summed E-state index contributed by atoms with van der Waals surface area (Å²) in [6, 6.07) is 15.2. The molecule has 1 aliphatic heterocycles. The molecule has 3 rings (SSSR count). The molecule has 1 saturated heterocycles. The SMILES string of the molecule is NC1CN(Cc2ccccc2)CC1c1cc(F)ccc1Br. The van der Waals surface area contributed by atoms with E-state index < -0.39 is 0 Å². The van der Waals surface area contributed by atoms with Gasteiger partial charge in [-0.2, -0.15) is 0 Å². The molecule has 0 bridgehead atoms. The van der Waals surface area contributed by atoms with Gasteiger partial charge in [0.2, 0.25) is 0 Å². The number of nitrogens with zero attached hydrogens (tertiary/aromatic N) is 1. The molecular formula is C17H18BrFN2. The Kier molecular flexibility index (Phi) is 4.38. The maximum absolute atomic E-state index is 13.5. The third-order valence-electron chi connectivity index (χ3n) is 4.05. The zero-order valence-electron chi connectivity index (χ0n) is 11.7. The van der Waals surface area contributed by atoms with Crippen LogP contribution in [0.3, 0.4) is 0 Å². The Labute approximate surface area is 132 Å². The van der Waals surface area contributed by atoms with E-state index in [0.29, 0.717) is 0 Å². The summed E-state index contributed by atoms with van der Waals surface area (Å²) in [5.41, 5.74) is 8.54. The van der Waals surface area contributed by atoms with Gasteiger partial charge in [-0.3, -0.25) is 4.90 Å². The molecule has 0 spiro atoms. The smallest absolute Gasteiger partial charge is 0.123 e. The monoisotopic (exact) mass is 348 g/mol. The molecule has 21 heavy (non-hydrogen) atoms. The number of rotatable bonds is 3.